The van der Waals surface area contributed by atoms with Gasteiger partial charge >= 0.3 is 6.18 Å². The lowest BCUT2D eigenvalue weighted by Crippen LogP contribution is -2.50. The van der Waals surface area contributed by atoms with Crippen LogP contribution in [-0.2, 0) is 0 Å². The number of amides is 1. The van der Waals surface area contributed by atoms with Crippen LogP contribution in [0.15, 0.2) is 60.7 Å². The van der Waals surface area contributed by atoms with Crippen molar-refractivity contribution in [2.75, 3.05) is 6.54 Å². The van der Waals surface area contributed by atoms with E-state index in [1.54, 1.807) is 67.6 Å². The maximum atomic E-state index is 13.2. The molecule has 3 nitrogen and oxygen atoms in total. The van der Waals surface area contributed by atoms with Gasteiger partial charge in [0.25, 0.3) is 5.91 Å². The Hall–Kier alpha value is -2.34. The van der Waals surface area contributed by atoms with Crippen molar-refractivity contribution in [3.05, 3.63) is 71.8 Å². The van der Waals surface area contributed by atoms with Crippen LogP contribution < -0.4 is 10.6 Å². The van der Waals surface area contributed by atoms with E-state index in [1.165, 1.54) is 0 Å². The first kappa shape index (κ1) is 18.0. The summed E-state index contributed by atoms with van der Waals surface area (Å²) in [6.07, 6.45) is -4.47. The summed E-state index contributed by atoms with van der Waals surface area (Å²) < 4.78 is 39.7. The first-order valence-electron chi connectivity index (χ1n) is 7.59. The molecule has 0 radical (unpaired) electrons. The van der Waals surface area contributed by atoms with Crippen molar-refractivity contribution in [2.45, 2.75) is 25.2 Å². The molecule has 2 rings (SSSR count). The molecule has 0 aliphatic carbocycles. The van der Waals surface area contributed by atoms with Gasteiger partial charge in [-0.2, -0.15) is 13.2 Å². The SMILES string of the molecule is CC(NC(CNC(=O)c1ccccc1)C(F)(F)F)c1ccccc1. The second-order valence-electron chi connectivity index (χ2n) is 5.47. The summed E-state index contributed by atoms with van der Waals surface area (Å²) in [6.45, 7) is 1.13. The number of benzene rings is 2. The van der Waals surface area contributed by atoms with Crippen molar-refractivity contribution in [2.24, 2.45) is 0 Å². The second-order valence-corrected chi connectivity index (χ2v) is 5.47. The van der Waals surface area contributed by atoms with Gasteiger partial charge in [-0.05, 0) is 24.6 Å². The smallest absolute Gasteiger partial charge is 0.350 e. The van der Waals surface area contributed by atoms with E-state index in [4.69, 9.17) is 0 Å². The molecule has 2 atom stereocenters. The van der Waals surface area contributed by atoms with Crippen molar-refractivity contribution in [3.8, 4) is 0 Å². The molecule has 2 unspecified atom stereocenters. The van der Waals surface area contributed by atoms with Crippen LogP contribution in [0.5, 0.6) is 0 Å². The second kappa shape index (κ2) is 7.97. The van der Waals surface area contributed by atoms with E-state index >= 15 is 0 Å². The Balaban J connectivity index is 2.00. The largest absolute Gasteiger partial charge is 0.405 e. The van der Waals surface area contributed by atoms with Crippen LogP contribution in [0.25, 0.3) is 0 Å². The highest BCUT2D eigenvalue weighted by molar-refractivity contribution is 5.94. The van der Waals surface area contributed by atoms with Gasteiger partial charge in [0, 0.05) is 18.2 Å². The Labute approximate surface area is 138 Å². The summed E-state index contributed by atoms with van der Waals surface area (Å²) in [4.78, 5) is 11.9. The zero-order valence-electron chi connectivity index (χ0n) is 13.2. The predicted octanol–water partition coefficient (Wildman–Crippen LogP) is 3.70. The molecule has 24 heavy (non-hydrogen) atoms. The van der Waals surface area contributed by atoms with E-state index < -0.39 is 30.7 Å². The zero-order valence-corrected chi connectivity index (χ0v) is 13.2. The molecule has 0 spiro atoms. The van der Waals surface area contributed by atoms with Crippen molar-refractivity contribution >= 4 is 5.91 Å². The van der Waals surface area contributed by atoms with Crippen molar-refractivity contribution in [1.29, 1.82) is 0 Å². The molecule has 0 fully saturated rings. The minimum atomic E-state index is -4.47. The quantitative estimate of drug-likeness (QED) is 0.844. The number of hydrogen-bond acceptors (Lipinski definition) is 2. The Morgan fingerprint density at radius 2 is 1.54 bits per heavy atom. The van der Waals surface area contributed by atoms with Gasteiger partial charge in [0.15, 0.2) is 0 Å². The summed E-state index contributed by atoms with van der Waals surface area (Å²) >= 11 is 0. The van der Waals surface area contributed by atoms with Crippen LogP contribution in [-0.4, -0.2) is 24.7 Å². The summed E-state index contributed by atoms with van der Waals surface area (Å²) in [5, 5.41) is 4.88. The first-order valence-corrected chi connectivity index (χ1v) is 7.59. The van der Waals surface area contributed by atoms with Crippen LogP contribution in [0.3, 0.4) is 0 Å². The Kier molecular flexibility index (Phi) is 5.98. The minimum absolute atomic E-state index is 0.328. The van der Waals surface area contributed by atoms with E-state index in [0.717, 1.165) is 5.56 Å². The van der Waals surface area contributed by atoms with Gasteiger partial charge in [-0.25, -0.2) is 0 Å². The summed E-state index contributed by atoms with van der Waals surface area (Å²) in [7, 11) is 0. The maximum Gasteiger partial charge on any atom is 0.405 e. The molecule has 1 amide bonds. The van der Waals surface area contributed by atoms with Crippen LogP contribution in [0.1, 0.15) is 28.9 Å². The van der Waals surface area contributed by atoms with Gasteiger partial charge in [0.1, 0.15) is 6.04 Å². The molecule has 0 heterocycles. The molecule has 2 aromatic carbocycles. The molecular formula is C18H19F3N2O. The molecular weight excluding hydrogens is 317 g/mol. The Morgan fingerprint density at radius 3 is 2.08 bits per heavy atom. The van der Waals surface area contributed by atoms with E-state index in [-0.39, 0.29) is 0 Å². The molecule has 0 aliphatic rings. The summed E-state index contributed by atoms with van der Waals surface area (Å²) in [5.74, 6) is -0.529. The van der Waals surface area contributed by atoms with Gasteiger partial charge in [-0.15, -0.1) is 0 Å². The molecule has 6 heteroatoms. The number of halogens is 3. The third kappa shape index (κ3) is 5.09. The topological polar surface area (TPSA) is 41.1 Å². The van der Waals surface area contributed by atoms with Gasteiger partial charge in [0.2, 0.25) is 0 Å². The number of nitrogens with one attached hydrogen (secondary N) is 2. The third-order valence-electron chi connectivity index (χ3n) is 3.65. The molecule has 0 saturated heterocycles. The molecule has 2 N–H and O–H groups in total. The number of carbonyl (C=O) groups is 1. The fraction of sp³-hybridized carbons (Fsp3) is 0.278. The van der Waals surface area contributed by atoms with Crippen molar-refractivity contribution < 1.29 is 18.0 Å². The Morgan fingerprint density at radius 1 is 1.00 bits per heavy atom. The molecule has 0 aliphatic heterocycles. The molecule has 128 valence electrons. The lowest BCUT2D eigenvalue weighted by Gasteiger charge is -2.26. The van der Waals surface area contributed by atoms with Crippen LogP contribution in [0.2, 0.25) is 0 Å². The lowest BCUT2D eigenvalue weighted by molar-refractivity contribution is -0.156. The minimum Gasteiger partial charge on any atom is -0.350 e. The third-order valence-corrected chi connectivity index (χ3v) is 3.65. The average Bonchev–Trinajstić information content (AvgIpc) is 2.58. The Bertz CT molecular complexity index is 644. The van der Waals surface area contributed by atoms with Gasteiger partial charge in [-0.3, -0.25) is 10.1 Å². The number of carbonyl (C=O) groups excluding carboxylic acids is 1. The maximum absolute atomic E-state index is 13.2. The zero-order chi connectivity index (χ0) is 17.6. The highest BCUT2D eigenvalue weighted by atomic mass is 19.4. The van der Waals surface area contributed by atoms with Crippen LogP contribution >= 0.6 is 0 Å². The monoisotopic (exact) mass is 336 g/mol. The van der Waals surface area contributed by atoms with Crippen molar-refractivity contribution in [1.82, 2.24) is 10.6 Å². The first-order chi connectivity index (χ1) is 11.4. The van der Waals surface area contributed by atoms with Gasteiger partial charge < -0.3 is 5.32 Å². The molecule has 0 bridgehead atoms. The summed E-state index contributed by atoms with van der Waals surface area (Å²) in [5.41, 5.74) is 1.08. The fourth-order valence-corrected chi connectivity index (χ4v) is 2.30. The molecule has 0 saturated carbocycles. The van der Waals surface area contributed by atoms with Gasteiger partial charge in [-0.1, -0.05) is 48.5 Å². The number of hydrogen-bond donors (Lipinski definition) is 2. The van der Waals surface area contributed by atoms with E-state index in [1.807, 2.05) is 0 Å². The number of alkyl halides is 3. The lowest BCUT2D eigenvalue weighted by atomic mass is 10.1. The predicted molar refractivity (Wildman–Crippen MR) is 86.6 cm³/mol. The van der Waals surface area contributed by atoms with Gasteiger partial charge in [0.05, 0.1) is 0 Å². The average molecular weight is 336 g/mol. The molecule has 0 aromatic heterocycles. The highest BCUT2D eigenvalue weighted by Gasteiger charge is 2.40. The van der Waals surface area contributed by atoms with E-state index in [9.17, 15) is 18.0 Å². The summed E-state index contributed by atoms with van der Waals surface area (Å²) in [6, 6.07) is 14.7. The van der Waals surface area contributed by atoms with Crippen molar-refractivity contribution in [3.63, 3.8) is 0 Å². The van der Waals surface area contributed by atoms with E-state index in [0.29, 0.717) is 5.56 Å². The van der Waals surface area contributed by atoms with Crippen LogP contribution in [0.4, 0.5) is 13.2 Å². The van der Waals surface area contributed by atoms with E-state index in [2.05, 4.69) is 10.6 Å². The fourth-order valence-electron chi connectivity index (χ4n) is 2.30. The highest BCUT2D eigenvalue weighted by Crippen LogP contribution is 2.23. The normalized spacial score (nSPS) is 14.0. The van der Waals surface area contributed by atoms with Crippen LogP contribution in [0, 0.1) is 0 Å². The standard InChI is InChI=1S/C18H19F3N2O/c1-13(14-8-4-2-5-9-14)23-16(18(19,20)21)12-22-17(24)15-10-6-3-7-11-15/h2-11,13,16,23H,12H2,1H3,(H,22,24). The molecule has 2 aromatic rings. The number of rotatable bonds is 6.